The number of hydrogen-bond donors (Lipinski definition) is 1. The van der Waals surface area contributed by atoms with Gasteiger partial charge in [-0.15, -0.1) is 10.2 Å². The predicted molar refractivity (Wildman–Crippen MR) is 127 cm³/mol. The predicted octanol–water partition coefficient (Wildman–Crippen LogP) is 5.67. The smallest absolute Gasteiger partial charge is 0.265 e. The molecule has 30 heavy (non-hydrogen) atoms. The SMILES string of the molecule is CCCCOc1ccc(Br)cc1/C=N/Nc1nnc2c3cc(Br)ccc3n(C)c2n1. The van der Waals surface area contributed by atoms with Gasteiger partial charge in [-0.1, -0.05) is 45.2 Å². The number of nitrogens with one attached hydrogen (secondary N) is 1. The molecule has 1 N–H and O–H groups in total. The van der Waals surface area contributed by atoms with Gasteiger partial charge in [0.1, 0.15) is 11.3 Å². The lowest BCUT2D eigenvalue weighted by Crippen LogP contribution is -2.02. The summed E-state index contributed by atoms with van der Waals surface area (Å²) in [6.45, 7) is 2.81. The van der Waals surface area contributed by atoms with Gasteiger partial charge in [0, 0.05) is 26.9 Å². The molecule has 9 heteroatoms. The van der Waals surface area contributed by atoms with Gasteiger partial charge in [0.2, 0.25) is 0 Å². The Balaban J connectivity index is 1.58. The van der Waals surface area contributed by atoms with Crippen molar-refractivity contribution in [2.75, 3.05) is 12.0 Å². The van der Waals surface area contributed by atoms with Crippen LogP contribution in [0.4, 0.5) is 5.95 Å². The lowest BCUT2D eigenvalue weighted by atomic mass is 10.2. The maximum atomic E-state index is 5.86. The van der Waals surface area contributed by atoms with Crippen LogP contribution in [-0.4, -0.2) is 32.6 Å². The summed E-state index contributed by atoms with van der Waals surface area (Å²) in [5.74, 6) is 1.11. The molecule has 0 saturated heterocycles. The highest BCUT2D eigenvalue weighted by molar-refractivity contribution is 9.10. The van der Waals surface area contributed by atoms with Gasteiger partial charge in [-0.25, -0.2) is 5.43 Å². The first-order valence-electron chi connectivity index (χ1n) is 9.56. The van der Waals surface area contributed by atoms with Crippen molar-refractivity contribution in [2.24, 2.45) is 12.1 Å². The molecule has 0 aliphatic heterocycles. The monoisotopic (exact) mass is 530 g/mol. The summed E-state index contributed by atoms with van der Waals surface area (Å²) in [4.78, 5) is 4.58. The van der Waals surface area contributed by atoms with Gasteiger partial charge in [0.05, 0.1) is 18.3 Å². The van der Waals surface area contributed by atoms with Crippen LogP contribution in [0.5, 0.6) is 5.75 Å². The minimum absolute atomic E-state index is 0.326. The van der Waals surface area contributed by atoms with Gasteiger partial charge in [0.15, 0.2) is 5.65 Å². The first-order valence-corrected chi connectivity index (χ1v) is 11.1. The fraction of sp³-hybridized carbons (Fsp3) is 0.238. The first kappa shape index (κ1) is 20.7. The summed E-state index contributed by atoms with van der Waals surface area (Å²) >= 11 is 7.00. The van der Waals surface area contributed by atoms with Crippen molar-refractivity contribution in [1.82, 2.24) is 19.7 Å². The van der Waals surface area contributed by atoms with E-state index < -0.39 is 0 Å². The Hall–Kier alpha value is -2.52. The summed E-state index contributed by atoms with van der Waals surface area (Å²) < 4.78 is 9.80. The van der Waals surface area contributed by atoms with Crippen molar-refractivity contribution < 1.29 is 4.74 Å². The third-order valence-electron chi connectivity index (χ3n) is 4.66. The van der Waals surface area contributed by atoms with Crippen LogP contribution in [-0.2, 0) is 7.05 Å². The highest BCUT2D eigenvalue weighted by atomic mass is 79.9. The fourth-order valence-electron chi connectivity index (χ4n) is 3.12. The first-order chi connectivity index (χ1) is 14.6. The van der Waals surface area contributed by atoms with Crippen LogP contribution in [0.1, 0.15) is 25.3 Å². The van der Waals surface area contributed by atoms with E-state index in [0.717, 1.165) is 55.2 Å². The number of halogens is 2. The number of fused-ring (bicyclic) bond motifs is 3. The Morgan fingerprint density at radius 3 is 2.77 bits per heavy atom. The molecule has 4 aromatic rings. The van der Waals surface area contributed by atoms with Gasteiger partial charge in [-0.2, -0.15) is 10.1 Å². The molecule has 0 aliphatic rings. The van der Waals surface area contributed by atoms with Gasteiger partial charge >= 0.3 is 0 Å². The molecule has 2 aromatic carbocycles. The van der Waals surface area contributed by atoms with Crippen LogP contribution in [0.3, 0.4) is 0 Å². The van der Waals surface area contributed by atoms with Crippen molar-refractivity contribution in [3.8, 4) is 5.75 Å². The molecular weight excluding hydrogens is 512 g/mol. The number of nitrogens with zero attached hydrogens (tertiary/aromatic N) is 5. The van der Waals surface area contributed by atoms with Crippen LogP contribution >= 0.6 is 31.9 Å². The Morgan fingerprint density at radius 1 is 1.13 bits per heavy atom. The van der Waals surface area contributed by atoms with E-state index >= 15 is 0 Å². The molecule has 0 fully saturated rings. The van der Waals surface area contributed by atoms with Crippen molar-refractivity contribution in [3.63, 3.8) is 0 Å². The number of ether oxygens (including phenoxy) is 1. The zero-order valence-electron chi connectivity index (χ0n) is 16.6. The summed E-state index contributed by atoms with van der Waals surface area (Å²) in [5.41, 5.74) is 6.26. The second-order valence-corrected chi connectivity index (χ2v) is 8.61. The highest BCUT2D eigenvalue weighted by Gasteiger charge is 2.12. The number of benzene rings is 2. The van der Waals surface area contributed by atoms with Crippen LogP contribution in [0.15, 0.2) is 50.4 Å². The molecule has 2 heterocycles. The third kappa shape index (κ3) is 4.32. The van der Waals surface area contributed by atoms with Crippen LogP contribution in [0, 0.1) is 0 Å². The molecular formula is C21H20Br2N6O. The Labute approximate surface area is 190 Å². The minimum atomic E-state index is 0.326. The number of unbranched alkanes of at least 4 members (excludes halogenated alkanes) is 1. The summed E-state index contributed by atoms with van der Waals surface area (Å²) in [7, 11) is 1.96. The lowest BCUT2D eigenvalue weighted by Gasteiger charge is -2.09. The van der Waals surface area contributed by atoms with Crippen molar-refractivity contribution >= 4 is 66.1 Å². The maximum Gasteiger partial charge on any atom is 0.265 e. The Bertz CT molecular complexity index is 1240. The van der Waals surface area contributed by atoms with Gasteiger partial charge in [-0.3, -0.25) is 0 Å². The van der Waals surface area contributed by atoms with E-state index in [2.05, 4.69) is 64.5 Å². The molecule has 7 nitrogen and oxygen atoms in total. The Kier molecular flexibility index (Phi) is 6.29. The largest absolute Gasteiger partial charge is 0.493 e. The normalized spacial score (nSPS) is 11.6. The lowest BCUT2D eigenvalue weighted by molar-refractivity contribution is 0.309. The third-order valence-corrected chi connectivity index (χ3v) is 5.64. The second kappa shape index (κ2) is 9.09. The zero-order valence-corrected chi connectivity index (χ0v) is 19.7. The molecule has 0 amide bonds. The topological polar surface area (TPSA) is 77.2 Å². The van der Waals surface area contributed by atoms with Gasteiger partial charge in [0.25, 0.3) is 5.95 Å². The summed E-state index contributed by atoms with van der Waals surface area (Å²) in [6.07, 6.45) is 3.78. The van der Waals surface area contributed by atoms with Crippen LogP contribution in [0.25, 0.3) is 22.1 Å². The molecule has 0 aliphatic carbocycles. The molecule has 2 aromatic heterocycles. The number of aryl methyl sites for hydroxylation is 1. The van der Waals surface area contributed by atoms with E-state index in [-0.39, 0.29) is 0 Å². The second-order valence-electron chi connectivity index (χ2n) is 6.78. The molecule has 0 atom stereocenters. The quantitative estimate of drug-likeness (QED) is 0.189. The van der Waals surface area contributed by atoms with Crippen LogP contribution in [0.2, 0.25) is 0 Å². The van der Waals surface area contributed by atoms with E-state index in [0.29, 0.717) is 12.6 Å². The molecule has 0 unspecified atom stereocenters. The maximum absolute atomic E-state index is 5.86. The summed E-state index contributed by atoms with van der Waals surface area (Å²) in [6, 6.07) is 11.9. The number of anilines is 1. The number of hydrogen-bond acceptors (Lipinski definition) is 6. The van der Waals surface area contributed by atoms with E-state index in [4.69, 9.17) is 4.74 Å². The molecule has 0 bridgehead atoms. The highest BCUT2D eigenvalue weighted by Crippen LogP contribution is 2.28. The fourth-order valence-corrected chi connectivity index (χ4v) is 3.86. The van der Waals surface area contributed by atoms with Crippen molar-refractivity contribution in [3.05, 3.63) is 50.9 Å². The van der Waals surface area contributed by atoms with Gasteiger partial charge in [-0.05, 0) is 42.8 Å². The molecule has 0 spiro atoms. The van der Waals surface area contributed by atoms with Crippen molar-refractivity contribution in [1.29, 1.82) is 0 Å². The molecule has 4 rings (SSSR count). The molecule has 0 saturated carbocycles. The van der Waals surface area contributed by atoms with E-state index in [1.807, 2.05) is 48.0 Å². The minimum Gasteiger partial charge on any atom is -0.493 e. The summed E-state index contributed by atoms with van der Waals surface area (Å²) in [5, 5.41) is 13.8. The average molecular weight is 532 g/mol. The van der Waals surface area contributed by atoms with E-state index in [1.165, 1.54) is 0 Å². The molecule has 0 radical (unpaired) electrons. The standard InChI is InChI=1S/C21H20Br2N6O/c1-3-4-9-30-18-8-6-14(22)10-13(18)12-24-27-21-25-20-19(26-28-21)16-11-15(23)5-7-17(16)29(20)2/h5-8,10-12H,3-4,9H2,1-2H3,(H,25,27,28)/b24-12+. The van der Waals surface area contributed by atoms with E-state index in [9.17, 15) is 0 Å². The van der Waals surface area contributed by atoms with Crippen LogP contribution < -0.4 is 10.2 Å². The molecule has 154 valence electrons. The average Bonchev–Trinajstić information content (AvgIpc) is 3.01. The Morgan fingerprint density at radius 2 is 1.93 bits per heavy atom. The number of hydrazone groups is 1. The van der Waals surface area contributed by atoms with Crippen molar-refractivity contribution in [2.45, 2.75) is 19.8 Å². The van der Waals surface area contributed by atoms with E-state index in [1.54, 1.807) is 6.21 Å². The number of aromatic nitrogens is 4. The number of rotatable bonds is 7. The zero-order chi connectivity index (χ0) is 21.1. The van der Waals surface area contributed by atoms with Gasteiger partial charge < -0.3 is 9.30 Å².